The molecule has 0 aliphatic heterocycles. The van der Waals surface area contributed by atoms with E-state index in [9.17, 15) is 5.11 Å². The lowest BCUT2D eigenvalue weighted by Crippen LogP contribution is -2.04. The smallest absolute Gasteiger partial charge is 0.0537 e. The molecular formula is C15H25NO. The van der Waals surface area contributed by atoms with Gasteiger partial charge in [-0.1, -0.05) is 31.2 Å². The maximum atomic E-state index is 9.49. The van der Waals surface area contributed by atoms with Crippen molar-refractivity contribution in [3.63, 3.8) is 0 Å². The highest BCUT2D eigenvalue weighted by Gasteiger charge is 2.01. The Bertz CT molecular complexity index is 312. The molecule has 2 nitrogen and oxygen atoms in total. The highest BCUT2D eigenvalue weighted by molar-refractivity contribution is 5.23. The van der Waals surface area contributed by atoms with Gasteiger partial charge in [0.25, 0.3) is 0 Å². The third kappa shape index (κ3) is 5.85. The van der Waals surface area contributed by atoms with E-state index in [-0.39, 0.29) is 6.10 Å². The predicted molar refractivity (Wildman–Crippen MR) is 73.1 cm³/mol. The first-order valence-corrected chi connectivity index (χ1v) is 6.72. The standard InChI is InChI=1S/C15H25NO/c1-2-15(17)10-4-8-13-6-3-7-14(12-13)9-5-11-16/h3,6-7,12,15,17H,2,4-5,8-11,16H2,1H3. The number of aryl methyl sites for hydroxylation is 2. The summed E-state index contributed by atoms with van der Waals surface area (Å²) in [5.41, 5.74) is 8.27. The van der Waals surface area contributed by atoms with Crippen LogP contribution in [0.3, 0.4) is 0 Å². The SMILES string of the molecule is CCC(O)CCCc1cccc(CCCN)c1. The number of benzene rings is 1. The highest BCUT2D eigenvalue weighted by atomic mass is 16.3. The summed E-state index contributed by atoms with van der Waals surface area (Å²) < 4.78 is 0. The Kier molecular flexibility index (Phi) is 6.90. The summed E-state index contributed by atoms with van der Waals surface area (Å²) in [5.74, 6) is 0. The van der Waals surface area contributed by atoms with Crippen molar-refractivity contribution in [3.05, 3.63) is 35.4 Å². The van der Waals surface area contributed by atoms with Gasteiger partial charge in [-0.15, -0.1) is 0 Å². The van der Waals surface area contributed by atoms with Crippen molar-refractivity contribution in [1.29, 1.82) is 0 Å². The number of hydrogen-bond donors (Lipinski definition) is 2. The molecule has 1 aromatic rings. The number of aliphatic hydroxyl groups excluding tert-OH is 1. The van der Waals surface area contributed by atoms with Crippen molar-refractivity contribution in [2.45, 2.75) is 51.6 Å². The molecule has 0 aliphatic carbocycles. The number of rotatable bonds is 8. The van der Waals surface area contributed by atoms with E-state index in [2.05, 4.69) is 24.3 Å². The number of nitrogens with two attached hydrogens (primary N) is 1. The lowest BCUT2D eigenvalue weighted by Gasteiger charge is -2.08. The van der Waals surface area contributed by atoms with E-state index in [1.54, 1.807) is 0 Å². The van der Waals surface area contributed by atoms with E-state index in [4.69, 9.17) is 5.73 Å². The first-order valence-electron chi connectivity index (χ1n) is 6.72. The van der Waals surface area contributed by atoms with Gasteiger partial charge in [0.15, 0.2) is 0 Å². The quantitative estimate of drug-likeness (QED) is 0.727. The van der Waals surface area contributed by atoms with E-state index in [0.717, 1.165) is 45.1 Å². The summed E-state index contributed by atoms with van der Waals surface area (Å²) in [4.78, 5) is 0. The Morgan fingerprint density at radius 3 is 2.41 bits per heavy atom. The van der Waals surface area contributed by atoms with Crippen molar-refractivity contribution in [1.82, 2.24) is 0 Å². The third-order valence-electron chi connectivity index (χ3n) is 3.14. The van der Waals surface area contributed by atoms with E-state index in [1.807, 2.05) is 6.92 Å². The Balaban J connectivity index is 2.37. The monoisotopic (exact) mass is 235 g/mol. The molecule has 0 bridgehead atoms. The van der Waals surface area contributed by atoms with Crippen molar-refractivity contribution < 1.29 is 5.11 Å². The molecule has 96 valence electrons. The van der Waals surface area contributed by atoms with Gasteiger partial charge in [0.05, 0.1) is 6.10 Å². The van der Waals surface area contributed by atoms with Crippen LogP contribution in [0, 0.1) is 0 Å². The zero-order chi connectivity index (χ0) is 12.5. The van der Waals surface area contributed by atoms with Gasteiger partial charge in [0, 0.05) is 0 Å². The van der Waals surface area contributed by atoms with Gasteiger partial charge >= 0.3 is 0 Å². The van der Waals surface area contributed by atoms with Crippen LogP contribution in [0.2, 0.25) is 0 Å². The summed E-state index contributed by atoms with van der Waals surface area (Å²) in [5, 5.41) is 9.49. The summed E-state index contributed by atoms with van der Waals surface area (Å²) in [6, 6.07) is 8.73. The molecule has 0 aromatic heterocycles. The lowest BCUT2D eigenvalue weighted by molar-refractivity contribution is 0.158. The fourth-order valence-corrected chi connectivity index (χ4v) is 1.99. The molecule has 2 heteroatoms. The highest BCUT2D eigenvalue weighted by Crippen LogP contribution is 2.11. The van der Waals surface area contributed by atoms with Gasteiger partial charge in [-0.2, -0.15) is 0 Å². The first-order chi connectivity index (χ1) is 8.26. The lowest BCUT2D eigenvalue weighted by atomic mass is 10.0. The van der Waals surface area contributed by atoms with Crippen LogP contribution in [0.15, 0.2) is 24.3 Å². The molecule has 1 rings (SSSR count). The molecule has 0 aliphatic rings. The summed E-state index contributed by atoms with van der Waals surface area (Å²) in [6.07, 6.45) is 5.89. The van der Waals surface area contributed by atoms with Crippen LogP contribution in [0.25, 0.3) is 0 Å². The zero-order valence-corrected chi connectivity index (χ0v) is 10.9. The molecule has 3 N–H and O–H groups in total. The molecule has 0 amide bonds. The fraction of sp³-hybridized carbons (Fsp3) is 0.600. The Hall–Kier alpha value is -0.860. The van der Waals surface area contributed by atoms with Crippen molar-refractivity contribution in [2.24, 2.45) is 5.73 Å². The zero-order valence-electron chi connectivity index (χ0n) is 10.9. The molecule has 0 heterocycles. The molecule has 1 unspecified atom stereocenters. The molecule has 1 aromatic carbocycles. The molecule has 0 spiro atoms. The van der Waals surface area contributed by atoms with E-state index in [0.29, 0.717) is 0 Å². The molecule has 0 radical (unpaired) electrons. The Morgan fingerprint density at radius 2 is 1.82 bits per heavy atom. The fourth-order valence-electron chi connectivity index (χ4n) is 1.99. The summed E-state index contributed by atoms with van der Waals surface area (Å²) >= 11 is 0. The maximum Gasteiger partial charge on any atom is 0.0537 e. The minimum absolute atomic E-state index is 0.129. The average Bonchev–Trinajstić information content (AvgIpc) is 2.36. The second-order valence-corrected chi connectivity index (χ2v) is 4.67. The molecular weight excluding hydrogens is 210 g/mol. The summed E-state index contributed by atoms with van der Waals surface area (Å²) in [7, 11) is 0. The van der Waals surface area contributed by atoms with E-state index < -0.39 is 0 Å². The van der Waals surface area contributed by atoms with Crippen LogP contribution < -0.4 is 5.73 Å². The molecule has 1 atom stereocenters. The second kappa shape index (κ2) is 8.26. The number of aliphatic hydroxyl groups is 1. The van der Waals surface area contributed by atoms with Crippen molar-refractivity contribution in [3.8, 4) is 0 Å². The Morgan fingerprint density at radius 1 is 1.18 bits per heavy atom. The third-order valence-corrected chi connectivity index (χ3v) is 3.14. The van der Waals surface area contributed by atoms with Crippen LogP contribution in [-0.4, -0.2) is 17.8 Å². The van der Waals surface area contributed by atoms with E-state index >= 15 is 0 Å². The maximum absolute atomic E-state index is 9.49. The number of hydrogen-bond acceptors (Lipinski definition) is 2. The van der Waals surface area contributed by atoms with Gasteiger partial charge < -0.3 is 10.8 Å². The molecule has 0 saturated heterocycles. The van der Waals surface area contributed by atoms with Crippen LogP contribution in [0.1, 0.15) is 43.7 Å². The second-order valence-electron chi connectivity index (χ2n) is 4.67. The average molecular weight is 235 g/mol. The van der Waals surface area contributed by atoms with Gasteiger partial charge in [0.2, 0.25) is 0 Å². The van der Waals surface area contributed by atoms with Crippen molar-refractivity contribution in [2.75, 3.05) is 6.54 Å². The van der Waals surface area contributed by atoms with Gasteiger partial charge in [0.1, 0.15) is 0 Å². The van der Waals surface area contributed by atoms with Crippen LogP contribution in [0.5, 0.6) is 0 Å². The normalized spacial score (nSPS) is 12.6. The molecule has 0 fully saturated rings. The molecule has 0 saturated carbocycles. The van der Waals surface area contributed by atoms with Crippen LogP contribution in [0.4, 0.5) is 0 Å². The molecule has 17 heavy (non-hydrogen) atoms. The topological polar surface area (TPSA) is 46.2 Å². The minimum Gasteiger partial charge on any atom is -0.393 e. The Labute approximate surface area is 105 Å². The van der Waals surface area contributed by atoms with E-state index in [1.165, 1.54) is 11.1 Å². The largest absolute Gasteiger partial charge is 0.393 e. The first kappa shape index (κ1) is 14.2. The summed E-state index contributed by atoms with van der Waals surface area (Å²) in [6.45, 7) is 2.78. The predicted octanol–water partition coefficient (Wildman–Crippen LogP) is 2.67. The minimum atomic E-state index is -0.129. The van der Waals surface area contributed by atoms with Gasteiger partial charge in [-0.05, 0) is 56.2 Å². The van der Waals surface area contributed by atoms with Gasteiger partial charge in [-0.3, -0.25) is 0 Å². The van der Waals surface area contributed by atoms with Crippen molar-refractivity contribution >= 4 is 0 Å². The van der Waals surface area contributed by atoms with Crippen LogP contribution in [-0.2, 0) is 12.8 Å². The van der Waals surface area contributed by atoms with Crippen LogP contribution >= 0.6 is 0 Å². The van der Waals surface area contributed by atoms with Gasteiger partial charge in [-0.25, -0.2) is 0 Å².